The predicted molar refractivity (Wildman–Crippen MR) is 99.6 cm³/mol. The second-order valence-corrected chi connectivity index (χ2v) is 8.83. The number of hydrogen-bond donors (Lipinski definition) is 1. The topological polar surface area (TPSA) is 45.5 Å². The molecule has 0 aliphatic heterocycles. The quantitative estimate of drug-likeness (QED) is 0.739. The maximum Gasteiger partial charge on any atom is 0.209 e. The first-order chi connectivity index (χ1) is 10.5. The van der Waals surface area contributed by atoms with Crippen molar-refractivity contribution >= 4 is 22.7 Å². The van der Waals surface area contributed by atoms with Crippen LogP contribution in [0.15, 0.2) is 22.5 Å². The molecule has 0 fully saturated rings. The zero-order valence-electron chi connectivity index (χ0n) is 15.1. The summed E-state index contributed by atoms with van der Waals surface area (Å²) in [5.74, 6) is 0.308. The number of thiazole rings is 1. The van der Waals surface area contributed by atoms with Gasteiger partial charge in [-0.15, -0.1) is 11.3 Å². The van der Waals surface area contributed by atoms with Crippen LogP contribution in [0.25, 0.3) is 0 Å². The van der Waals surface area contributed by atoms with Crippen LogP contribution in [0.4, 0.5) is 5.13 Å². The molecule has 4 heteroatoms. The Morgan fingerprint density at radius 1 is 1.09 bits per heavy atom. The predicted octanol–water partition coefficient (Wildman–Crippen LogP) is 5.50. The van der Waals surface area contributed by atoms with Crippen molar-refractivity contribution in [1.82, 2.24) is 4.98 Å². The molecule has 23 heavy (non-hydrogen) atoms. The van der Waals surface area contributed by atoms with Gasteiger partial charge in [0.05, 0.1) is 5.69 Å². The summed E-state index contributed by atoms with van der Waals surface area (Å²) in [6.07, 6.45) is 1.72. The fourth-order valence-corrected chi connectivity index (χ4v) is 2.92. The summed E-state index contributed by atoms with van der Waals surface area (Å²) >= 11 is 1.50. The lowest BCUT2D eigenvalue weighted by Gasteiger charge is -2.26. The molecule has 0 spiro atoms. The molecular formula is C19H26N2OS. The molecule has 0 aliphatic rings. The van der Waals surface area contributed by atoms with Crippen molar-refractivity contribution in [2.75, 3.05) is 0 Å². The van der Waals surface area contributed by atoms with Gasteiger partial charge in [-0.3, -0.25) is 0 Å². The zero-order valence-corrected chi connectivity index (χ0v) is 15.9. The van der Waals surface area contributed by atoms with E-state index in [2.05, 4.69) is 57.6 Å². The average molecular weight is 330 g/mol. The van der Waals surface area contributed by atoms with E-state index in [0.29, 0.717) is 10.9 Å². The molecule has 3 nitrogen and oxygen atoms in total. The number of phenolic OH excluding ortho intramolecular Hbond substituents is 1. The molecule has 0 saturated heterocycles. The highest BCUT2D eigenvalue weighted by Crippen LogP contribution is 2.37. The largest absolute Gasteiger partial charge is 0.507 e. The minimum absolute atomic E-state index is 0.00800. The van der Waals surface area contributed by atoms with E-state index in [0.717, 1.165) is 16.8 Å². The molecule has 0 radical (unpaired) electrons. The zero-order chi connectivity index (χ0) is 17.4. The molecule has 0 aliphatic carbocycles. The van der Waals surface area contributed by atoms with Crippen LogP contribution in [0.5, 0.6) is 5.75 Å². The van der Waals surface area contributed by atoms with Crippen LogP contribution < -0.4 is 0 Å². The Bertz CT molecular complexity index is 731. The number of aryl methyl sites for hydroxylation is 1. The van der Waals surface area contributed by atoms with Crippen LogP contribution in [0.2, 0.25) is 0 Å². The highest BCUT2D eigenvalue weighted by molar-refractivity contribution is 7.13. The normalized spacial score (nSPS) is 13.0. The van der Waals surface area contributed by atoms with Crippen LogP contribution in [0.1, 0.15) is 63.9 Å². The van der Waals surface area contributed by atoms with Gasteiger partial charge in [0.15, 0.2) is 0 Å². The highest BCUT2D eigenvalue weighted by Gasteiger charge is 2.24. The van der Waals surface area contributed by atoms with E-state index in [1.807, 2.05) is 18.4 Å². The fraction of sp³-hybridized carbons (Fsp3) is 0.474. The summed E-state index contributed by atoms with van der Waals surface area (Å²) in [7, 11) is 0. The second kappa shape index (κ2) is 6.08. The monoisotopic (exact) mass is 330 g/mol. The lowest BCUT2D eigenvalue weighted by molar-refractivity contribution is 0.444. The maximum absolute atomic E-state index is 10.7. The van der Waals surface area contributed by atoms with Gasteiger partial charge in [0, 0.05) is 22.7 Å². The van der Waals surface area contributed by atoms with Crippen LogP contribution in [0, 0.1) is 6.92 Å². The van der Waals surface area contributed by atoms with E-state index < -0.39 is 0 Å². The number of aromatic hydroxyl groups is 1. The number of hydrogen-bond acceptors (Lipinski definition) is 4. The molecule has 0 amide bonds. The van der Waals surface area contributed by atoms with E-state index in [-0.39, 0.29) is 10.8 Å². The third-order valence-electron chi connectivity index (χ3n) is 3.73. The van der Waals surface area contributed by atoms with Gasteiger partial charge in [0.1, 0.15) is 5.75 Å². The number of rotatable bonds is 2. The molecule has 2 rings (SSSR count). The van der Waals surface area contributed by atoms with Crippen molar-refractivity contribution in [1.29, 1.82) is 0 Å². The molecule has 0 atom stereocenters. The van der Waals surface area contributed by atoms with Gasteiger partial charge in [-0.05, 0) is 29.4 Å². The molecule has 0 bridgehead atoms. The van der Waals surface area contributed by atoms with E-state index in [1.54, 1.807) is 6.21 Å². The minimum Gasteiger partial charge on any atom is -0.507 e. The molecule has 2 aromatic rings. The summed E-state index contributed by atoms with van der Waals surface area (Å²) in [6, 6.07) is 4.13. The number of phenols is 1. The molecule has 0 unspecified atom stereocenters. The average Bonchev–Trinajstić information content (AvgIpc) is 2.80. The van der Waals surface area contributed by atoms with Crippen LogP contribution >= 0.6 is 11.3 Å². The summed E-state index contributed by atoms with van der Waals surface area (Å²) in [4.78, 5) is 8.76. The van der Waals surface area contributed by atoms with Crippen LogP contribution in [0.3, 0.4) is 0 Å². The van der Waals surface area contributed by atoms with Gasteiger partial charge in [0.2, 0.25) is 5.13 Å². The number of nitrogens with zero attached hydrogens (tertiary/aromatic N) is 2. The lowest BCUT2D eigenvalue weighted by Crippen LogP contribution is -2.17. The summed E-state index contributed by atoms with van der Waals surface area (Å²) in [5, 5.41) is 13.4. The van der Waals surface area contributed by atoms with Crippen molar-refractivity contribution in [3.05, 3.63) is 39.9 Å². The first-order valence-corrected chi connectivity index (χ1v) is 8.70. The van der Waals surface area contributed by atoms with Gasteiger partial charge >= 0.3 is 0 Å². The smallest absolute Gasteiger partial charge is 0.209 e. The van der Waals surface area contributed by atoms with E-state index >= 15 is 0 Å². The first-order valence-electron chi connectivity index (χ1n) is 7.82. The molecule has 0 saturated carbocycles. The van der Waals surface area contributed by atoms with Gasteiger partial charge in [0.25, 0.3) is 0 Å². The van der Waals surface area contributed by atoms with Crippen molar-refractivity contribution < 1.29 is 5.11 Å². The fourth-order valence-electron chi connectivity index (χ4n) is 2.29. The minimum atomic E-state index is -0.133. The number of aromatic nitrogens is 1. The molecule has 1 aromatic carbocycles. The van der Waals surface area contributed by atoms with Gasteiger partial charge in [-0.2, -0.15) is 0 Å². The van der Waals surface area contributed by atoms with Crippen molar-refractivity contribution in [2.45, 2.75) is 59.3 Å². The van der Waals surface area contributed by atoms with Crippen molar-refractivity contribution in [3.8, 4) is 5.75 Å². The van der Waals surface area contributed by atoms with Crippen LogP contribution in [-0.2, 0) is 10.8 Å². The molecule has 1 heterocycles. The Balaban J connectivity index is 2.55. The third kappa shape index (κ3) is 4.20. The molecule has 1 aromatic heterocycles. The van der Waals surface area contributed by atoms with E-state index in [9.17, 15) is 5.11 Å². The summed E-state index contributed by atoms with van der Waals surface area (Å²) in [6.45, 7) is 14.8. The Morgan fingerprint density at radius 3 is 2.22 bits per heavy atom. The summed E-state index contributed by atoms with van der Waals surface area (Å²) in [5.41, 5.74) is 3.72. The Labute approximate surface area is 143 Å². The third-order valence-corrected chi connectivity index (χ3v) is 4.60. The Hall–Kier alpha value is -1.68. The van der Waals surface area contributed by atoms with Crippen molar-refractivity contribution in [2.24, 2.45) is 4.99 Å². The molecular weight excluding hydrogens is 304 g/mol. The maximum atomic E-state index is 10.7. The van der Waals surface area contributed by atoms with E-state index in [1.165, 1.54) is 16.9 Å². The van der Waals surface area contributed by atoms with Crippen molar-refractivity contribution in [3.63, 3.8) is 0 Å². The molecule has 1 N–H and O–H groups in total. The van der Waals surface area contributed by atoms with Gasteiger partial charge in [-0.1, -0.05) is 47.6 Å². The highest BCUT2D eigenvalue weighted by atomic mass is 32.1. The first kappa shape index (κ1) is 17.7. The Morgan fingerprint density at radius 2 is 1.74 bits per heavy atom. The second-order valence-electron chi connectivity index (χ2n) is 7.99. The van der Waals surface area contributed by atoms with Gasteiger partial charge < -0.3 is 5.11 Å². The number of benzene rings is 1. The molecule has 124 valence electrons. The lowest BCUT2D eigenvalue weighted by atomic mass is 9.79. The number of aliphatic imine (C=N–C) groups is 1. The van der Waals surface area contributed by atoms with Gasteiger partial charge in [-0.25, -0.2) is 9.98 Å². The SMILES string of the molecule is Cc1csc(/N=C/c2cc(C(C)(C)C)cc(C(C)(C)C)c2O)n1. The summed E-state index contributed by atoms with van der Waals surface area (Å²) < 4.78 is 0. The Kier molecular flexibility index (Phi) is 4.67. The van der Waals surface area contributed by atoms with Crippen LogP contribution in [-0.4, -0.2) is 16.3 Å². The standard InChI is InChI=1S/C19H26N2OS/c1-12-11-23-17(21-12)20-10-13-8-14(18(2,3)4)9-15(16(13)22)19(5,6)7/h8-11,22H,1-7H3/b20-10+. The van der Waals surface area contributed by atoms with E-state index in [4.69, 9.17) is 0 Å².